The highest BCUT2D eigenvalue weighted by Gasteiger charge is 2.51. The molecular weight excluding hydrogens is 460 g/mol. The number of aromatic nitrogens is 1. The number of imide groups is 1. The van der Waals surface area contributed by atoms with Crippen LogP contribution in [0, 0.1) is 29.1 Å². The van der Waals surface area contributed by atoms with Crippen LogP contribution < -0.4 is 15.5 Å². The zero-order valence-corrected chi connectivity index (χ0v) is 20.5. The number of furan rings is 1. The van der Waals surface area contributed by atoms with Gasteiger partial charge in [-0.1, -0.05) is 0 Å². The number of carbonyl (C=O) groups excluding carboxylic acids is 2. The Bertz CT molecular complexity index is 1140. The van der Waals surface area contributed by atoms with Gasteiger partial charge in [-0.15, -0.1) is 0 Å². The lowest BCUT2D eigenvalue weighted by Crippen LogP contribution is -2.63. The quantitative estimate of drug-likeness (QED) is 0.652. The van der Waals surface area contributed by atoms with Gasteiger partial charge in [-0.2, -0.15) is 10.2 Å². The average Bonchev–Trinajstić information content (AvgIpc) is 3.52. The Morgan fingerprint density at radius 3 is 2.39 bits per heavy atom. The zero-order valence-electron chi connectivity index (χ0n) is 20.5. The van der Waals surface area contributed by atoms with Gasteiger partial charge in [-0.05, 0) is 75.3 Å². The molecule has 5 aliphatic rings. The van der Waals surface area contributed by atoms with E-state index in [0.29, 0.717) is 37.8 Å². The molecule has 3 heterocycles. The van der Waals surface area contributed by atoms with Gasteiger partial charge in [0.05, 0.1) is 12.3 Å². The van der Waals surface area contributed by atoms with Gasteiger partial charge >= 0.3 is 6.03 Å². The first-order valence-corrected chi connectivity index (χ1v) is 13.0. The van der Waals surface area contributed by atoms with E-state index in [1.165, 1.54) is 25.5 Å². The number of carbonyl (C=O) groups is 2. The summed E-state index contributed by atoms with van der Waals surface area (Å²) in [4.78, 5) is 34.0. The second-order valence-corrected chi connectivity index (χ2v) is 11.1. The number of amides is 3. The molecule has 0 unspecified atom stereocenters. The van der Waals surface area contributed by atoms with Crippen LogP contribution in [0.5, 0.6) is 0 Å². The number of hydrogen-bond donors (Lipinski definition) is 2. The molecule has 190 valence electrons. The van der Waals surface area contributed by atoms with Crippen molar-refractivity contribution in [2.75, 3.05) is 31.1 Å². The standard InChI is InChI=1S/C26H32N6O4/c1-16(22(33)29-25(34)30-26-12-17-9-18(13-26)11-19(10-17)14-26)31-4-6-32(7-5-31)24-20(15-27)28-23(36-24)21-3-2-8-35-21/h2-3,8,16-19H,4-7,9-14H2,1H3,(H2,29,30,33,34)/t16-,17?,18?,19?,26?/m1/s1. The smallest absolute Gasteiger partial charge is 0.321 e. The van der Waals surface area contributed by atoms with Crippen molar-refractivity contribution in [3.05, 3.63) is 24.1 Å². The summed E-state index contributed by atoms with van der Waals surface area (Å²) in [6.07, 6.45) is 8.58. The molecule has 1 saturated heterocycles. The van der Waals surface area contributed by atoms with Gasteiger partial charge < -0.3 is 19.1 Å². The Morgan fingerprint density at radius 1 is 1.14 bits per heavy atom. The highest BCUT2D eigenvalue weighted by Crippen LogP contribution is 2.55. The first-order valence-electron chi connectivity index (χ1n) is 13.0. The van der Waals surface area contributed by atoms with Crippen molar-refractivity contribution in [3.8, 4) is 17.7 Å². The monoisotopic (exact) mass is 492 g/mol. The third-order valence-electron chi connectivity index (χ3n) is 8.63. The summed E-state index contributed by atoms with van der Waals surface area (Å²) in [5, 5.41) is 15.3. The van der Waals surface area contributed by atoms with E-state index in [-0.39, 0.29) is 29.1 Å². The molecule has 1 atom stereocenters. The molecule has 2 aromatic rings. The van der Waals surface area contributed by atoms with Crippen LogP contribution in [0.15, 0.2) is 27.2 Å². The Hall–Kier alpha value is -3.32. The zero-order chi connectivity index (χ0) is 24.9. The summed E-state index contributed by atoms with van der Waals surface area (Å²) in [5.74, 6) is 3.04. The Morgan fingerprint density at radius 2 is 1.81 bits per heavy atom. The summed E-state index contributed by atoms with van der Waals surface area (Å²) >= 11 is 0. The third-order valence-corrected chi connectivity index (χ3v) is 8.63. The summed E-state index contributed by atoms with van der Waals surface area (Å²) in [6.45, 7) is 4.14. The minimum atomic E-state index is -0.446. The SMILES string of the molecule is C[C@H](C(=O)NC(=O)NC12CC3CC(CC(C3)C1)C2)N1CCN(c2oc(-c3ccco3)nc2C#N)CC1. The minimum absolute atomic E-state index is 0.127. The number of nitrogens with zero attached hydrogens (tertiary/aromatic N) is 4. The number of urea groups is 1. The van der Waals surface area contributed by atoms with Crippen LogP contribution in [-0.2, 0) is 4.79 Å². The molecule has 36 heavy (non-hydrogen) atoms. The maximum Gasteiger partial charge on any atom is 0.321 e. The Labute approximate surface area is 210 Å². The van der Waals surface area contributed by atoms with E-state index in [1.54, 1.807) is 12.1 Å². The molecule has 5 fully saturated rings. The molecule has 3 amide bonds. The maximum atomic E-state index is 12.9. The van der Waals surface area contributed by atoms with E-state index in [9.17, 15) is 14.9 Å². The Kier molecular flexibility index (Phi) is 5.75. The van der Waals surface area contributed by atoms with Gasteiger partial charge in [0.1, 0.15) is 6.07 Å². The molecule has 4 aliphatic carbocycles. The van der Waals surface area contributed by atoms with E-state index < -0.39 is 6.04 Å². The molecule has 4 saturated carbocycles. The molecule has 2 N–H and O–H groups in total. The average molecular weight is 493 g/mol. The van der Waals surface area contributed by atoms with Gasteiger partial charge in [-0.3, -0.25) is 15.0 Å². The summed E-state index contributed by atoms with van der Waals surface area (Å²) < 4.78 is 11.2. The third kappa shape index (κ3) is 4.26. The van der Waals surface area contributed by atoms with Crippen molar-refractivity contribution in [2.24, 2.45) is 17.8 Å². The normalized spacial score (nSPS) is 30.1. The molecule has 7 rings (SSSR count). The number of anilines is 1. The molecule has 10 nitrogen and oxygen atoms in total. The van der Waals surface area contributed by atoms with E-state index in [4.69, 9.17) is 8.83 Å². The number of hydrogen-bond acceptors (Lipinski definition) is 8. The molecule has 10 heteroatoms. The van der Waals surface area contributed by atoms with Gasteiger partial charge in [0.15, 0.2) is 5.76 Å². The van der Waals surface area contributed by atoms with Crippen LogP contribution >= 0.6 is 0 Å². The van der Waals surface area contributed by atoms with Gasteiger partial charge in [-0.25, -0.2) is 4.79 Å². The van der Waals surface area contributed by atoms with Crippen LogP contribution in [0.1, 0.15) is 51.1 Å². The fourth-order valence-corrected chi connectivity index (χ4v) is 7.34. The topological polar surface area (TPSA) is 128 Å². The van der Waals surface area contributed by atoms with Gasteiger partial charge in [0, 0.05) is 31.7 Å². The predicted molar refractivity (Wildman–Crippen MR) is 130 cm³/mol. The highest BCUT2D eigenvalue weighted by molar-refractivity contribution is 5.97. The van der Waals surface area contributed by atoms with E-state index in [1.807, 2.05) is 16.7 Å². The second kappa shape index (κ2) is 8.96. The molecular formula is C26H32N6O4. The first-order chi connectivity index (χ1) is 17.4. The van der Waals surface area contributed by atoms with Crippen molar-refractivity contribution in [1.82, 2.24) is 20.5 Å². The second-order valence-electron chi connectivity index (χ2n) is 11.1. The minimum Gasteiger partial charge on any atom is -0.459 e. The van der Waals surface area contributed by atoms with Gasteiger partial charge in [0.2, 0.25) is 17.5 Å². The lowest BCUT2D eigenvalue weighted by Gasteiger charge is -2.56. The van der Waals surface area contributed by atoms with E-state index in [0.717, 1.165) is 37.0 Å². The van der Waals surface area contributed by atoms with Crippen molar-refractivity contribution >= 4 is 17.8 Å². The largest absolute Gasteiger partial charge is 0.459 e. The summed E-state index contributed by atoms with van der Waals surface area (Å²) in [5.41, 5.74) is 0.0832. The number of piperazine rings is 1. The van der Waals surface area contributed by atoms with Crippen LogP contribution in [-0.4, -0.2) is 59.6 Å². The lowest BCUT2D eigenvalue weighted by molar-refractivity contribution is -0.125. The van der Waals surface area contributed by atoms with Crippen LogP contribution in [0.4, 0.5) is 10.7 Å². The fraction of sp³-hybridized carbons (Fsp3) is 0.615. The van der Waals surface area contributed by atoms with Crippen LogP contribution in [0.3, 0.4) is 0 Å². The molecule has 1 aliphatic heterocycles. The van der Waals surface area contributed by atoms with Crippen LogP contribution in [0.25, 0.3) is 11.7 Å². The molecule has 0 spiro atoms. The van der Waals surface area contributed by atoms with Crippen molar-refractivity contribution in [3.63, 3.8) is 0 Å². The number of nitrogens with one attached hydrogen (secondary N) is 2. The van der Waals surface area contributed by atoms with E-state index in [2.05, 4.69) is 21.7 Å². The van der Waals surface area contributed by atoms with Crippen molar-refractivity contribution in [1.29, 1.82) is 5.26 Å². The number of rotatable bonds is 5. The molecule has 0 radical (unpaired) electrons. The first kappa shape index (κ1) is 23.1. The van der Waals surface area contributed by atoms with E-state index >= 15 is 0 Å². The van der Waals surface area contributed by atoms with Crippen LogP contribution in [0.2, 0.25) is 0 Å². The molecule has 2 aromatic heterocycles. The lowest BCUT2D eigenvalue weighted by atomic mass is 9.53. The number of oxazole rings is 1. The molecule has 4 bridgehead atoms. The Balaban J connectivity index is 1.03. The fourth-order valence-electron chi connectivity index (χ4n) is 7.34. The van der Waals surface area contributed by atoms with Crippen molar-refractivity contribution in [2.45, 2.75) is 57.0 Å². The summed E-state index contributed by atoms with van der Waals surface area (Å²) in [6, 6.07) is 4.75. The predicted octanol–water partition coefficient (Wildman–Crippen LogP) is 3.11. The maximum absolute atomic E-state index is 12.9. The highest BCUT2D eigenvalue weighted by atomic mass is 16.4. The number of nitriles is 1. The van der Waals surface area contributed by atoms with Crippen molar-refractivity contribution < 1.29 is 18.4 Å². The summed E-state index contributed by atoms with van der Waals surface area (Å²) in [7, 11) is 0. The van der Waals surface area contributed by atoms with Gasteiger partial charge in [0.25, 0.3) is 5.89 Å². The molecule has 0 aromatic carbocycles.